The van der Waals surface area contributed by atoms with Crippen LogP contribution in [0.15, 0.2) is 48.7 Å². The highest BCUT2D eigenvalue weighted by Gasteiger charge is 2.10. The quantitative estimate of drug-likeness (QED) is 0.780. The van der Waals surface area contributed by atoms with Gasteiger partial charge in [0.05, 0.1) is 11.9 Å². The lowest BCUT2D eigenvalue weighted by molar-refractivity contribution is 0.628. The van der Waals surface area contributed by atoms with E-state index in [4.69, 9.17) is 0 Å². The minimum atomic E-state index is -0.321. The third-order valence-corrected chi connectivity index (χ3v) is 3.36. The van der Waals surface area contributed by atoms with Gasteiger partial charge < -0.3 is 10.2 Å². The molecule has 0 bridgehead atoms. The Balaban J connectivity index is 2.13. The van der Waals surface area contributed by atoms with E-state index in [0.717, 1.165) is 5.39 Å². The number of nitrogens with zero attached hydrogens (tertiary/aromatic N) is 2. The van der Waals surface area contributed by atoms with Gasteiger partial charge in [0, 0.05) is 30.6 Å². The van der Waals surface area contributed by atoms with Crippen LogP contribution in [0.25, 0.3) is 10.8 Å². The molecule has 22 heavy (non-hydrogen) atoms. The first kappa shape index (κ1) is 14.3. The van der Waals surface area contributed by atoms with Crippen molar-refractivity contribution < 1.29 is 8.78 Å². The first-order valence-corrected chi connectivity index (χ1v) is 6.83. The minimum absolute atomic E-state index is 0.319. The van der Waals surface area contributed by atoms with Crippen LogP contribution >= 0.6 is 0 Å². The van der Waals surface area contributed by atoms with Gasteiger partial charge in [-0.3, -0.25) is 0 Å². The van der Waals surface area contributed by atoms with Crippen molar-refractivity contribution in [2.75, 3.05) is 24.3 Å². The Morgan fingerprint density at radius 1 is 0.955 bits per heavy atom. The average Bonchev–Trinajstić information content (AvgIpc) is 2.46. The Morgan fingerprint density at radius 2 is 1.73 bits per heavy atom. The van der Waals surface area contributed by atoms with Crippen LogP contribution in [-0.2, 0) is 0 Å². The molecule has 1 N–H and O–H groups in total. The molecule has 1 aromatic heterocycles. The molecule has 0 fully saturated rings. The number of hydrogen-bond acceptors (Lipinski definition) is 3. The number of anilines is 3. The van der Waals surface area contributed by atoms with Crippen molar-refractivity contribution in [2.45, 2.75) is 0 Å². The smallest absolute Gasteiger partial charge is 0.136 e. The summed E-state index contributed by atoms with van der Waals surface area (Å²) >= 11 is 0. The highest BCUT2D eigenvalue weighted by molar-refractivity contribution is 6.01. The summed E-state index contributed by atoms with van der Waals surface area (Å²) in [6.07, 6.45) is 1.67. The molecule has 0 radical (unpaired) electrons. The Hall–Kier alpha value is -2.69. The zero-order valence-electron chi connectivity index (χ0n) is 12.3. The number of benzene rings is 2. The van der Waals surface area contributed by atoms with E-state index >= 15 is 0 Å². The van der Waals surface area contributed by atoms with E-state index in [1.165, 1.54) is 24.3 Å². The molecule has 0 spiro atoms. The number of nitrogens with one attached hydrogen (secondary N) is 1. The van der Waals surface area contributed by atoms with Crippen LogP contribution in [0.5, 0.6) is 0 Å². The number of rotatable bonds is 3. The normalized spacial score (nSPS) is 10.7. The number of aromatic nitrogens is 1. The molecule has 3 rings (SSSR count). The predicted octanol–water partition coefficient (Wildman–Crippen LogP) is 4.32. The fourth-order valence-corrected chi connectivity index (χ4v) is 2.38. The second-order valence-electron chi connectivity index (χ2n) is 5.22. The SMILES string of the molecule is CN(C)c1ncc(Nc2cccc(F)c2)c2ccc(F)cc12. The molecule has 3 aromatic rings. The van der Waals surface area contributed by atoms with E-state index in [9.17, 15) is 8.78 Å². The van der Waals surface area contributed by atoms with Gasteiger partial charge >= 0.3 is 0 Å². The van der Waals surface area contributed by atoms with Gasteiger partial charge in [-0.05, 0) is 36.4 Å². The molecule has 0 unspecified atom stereocenters. The second kappa shape index (κ2) is 5.60. The third-order valence-electron chi connectivity index (χ3n) is 3.36. The Morgan fingerprint density at radius 3 is 2.45 bits per heavy atom. The Labute approximate surface area is 127 Å². The van der Waals surface area contributed by atoms with Crippen molar-refractivity contribution in [3.8, 4) is 0 Å². The summed E-state index contributed by atoms with van der Waals surface area (Å²) in [5.74, 6) is 0.0396. The topological polar surface area (TPSA) is 28.2 Å². The fraction of sp³-hybridized carbons (Fsp3) is 0.118. The fourth-order valence-electron chi connectivity index (χ4n) is 2.38. The molecule has 0 amide bonds. The van der Waals surface area contributed by atoms with Gasteiger partial charge in [0.15, 0.2) is 0 Å². The molecular formula is C17H15F2N3. The summed E-state index contributed by atoms with van der Waals surface area (Å²) in [4.78, 5) is 6.20. The molecule has 112 valence electrons. The summed E-state index contributed by atoms with van der Waals surface area (Å²) in [7, 11) is 3.71. The maximum absolute atomic E-state index is 13.6. The van der Waals surface area contributed by atoms with Crippen molar-refractivity contribution in [1.29, 1.82) is 0 Å². The van der Waals surface area contributed by atoms with E-state index in [2.05, 4.69) is 10.3 Å². The highest BCUT2D eigenvalue weighted by atomic mass is 19.1. The number of halogens is 2. The van der Waals surface area contributed by atoms with Crippen LogP contribution in [0.3, 0.4) is 0 Å². The zero-order chi connectivity index (χ0) is 15.7. The largest absolute Gasteiger partial charge is 0.362 e. The molecule has 0 saturated carbocycles. The van der Waals surface area contributed by atoms with Gasteiger partial charge in [0.1, 0.15) is 17.5 Å². The predicted molar refractivity (Wildman–Crippen MR) is 85.7 cm³/mol. The van der Waals surface area contributed by atoms with Gasteiger partial charge in [-0.25, -0.2) is 13.8 Å². The monoisotopic (exact) mass is 299 g/mol. The summed E-state index contributed by atoms with van der Waals surface area (Å²) in [5, 5.41) is 4.65. The zero-order valence-corrected chi connectivity index (χ0v) is 12.3. The highest BCUT2D eigenvalue weighted by Crippen LogP contribution is 2.31. The first-order chi connectivity index (χ1) is 10.5. The number of hydrogen-bond donors (Lipinski definition) is 1. The Kier molecular flexibility index (Phi) is 3.63. The molecule has 0 aliphatic heterocycles. The molecule has 0 aliphatic rings. The second-order valence-corrected chi connectivity index (χ2v) is 5.22. The maximum Gasteiger partial charge on any atom is 0.136 e. The van der Waals surface area contributed by atoms with Crippen LogP contribution in [-0.4, -0.2) is 19.1 Å². The third kappa shape index (κ3) is 2.70. The molecular weight excluding hydrogens is 284 g/mol. The Bertz CT molecular complexity index is 831. The number of fused-ring (bicyclic) bond motifs is 1. The van der Waals surface area contributed by atoms with E-state index in [0.29, 0.717) is 22.6 Å². The van der Waals surface area contributed by atoms with E-state index in [-0.39, 0.29) is 11.6 Å². The van der Waals surface area contributed by atoms with Gasteiger partial charge in [-0.1, -0.05) is 6.07 Å². The van der Waals surface area contributed by atoms with Crippen molar-refractivity contribution in [3.63, 3.8) is 0 Å². The van der Waals surface area contributed by atoms with E-state index in [1.807, 2.05) is 19.0 Å². The molecule has 3 nitrogen and oxygen atoms in total. The maximum atomic E-state index is 13.6. The summed E-state index contributed by atoms with van der Waals surface area (Å²) in [5.41, 5.74) is 1.32. The van der Waals surface area contributed by atoms with E-state index in [1.54, 1.807) is 24.4 Å². The van der Waals surface area contributed by atoms with Crippen molar-refractivity contribution in [1.82, 2.24) is 4.98 Å². The molecule has 1 heterocycles. The van der Waals surface area contributed by atoms with Crippen LogP contribution in [0.2, 0.25) is 0 Å². The van der Waals surface area contributed by atoms with Crippen LogP contribution in [0.1, 0.15) is 0 Å². The van der Waals surface area contributed by atoms with Gasteiger partial charge in [-0.2, -0.15) is 0 Å². The van der Waals surface area contributed by atoms with Crippen LogP contribution in [0, 0.1) is 11.6 Å². The lowest BCUT2D eigenvalue weighted by atomic mass is 10.1. The van der Waals surface area contributed by atoms with Gasteiger partial charge in [0.25, 0.3) is 0 Å². The van der Waals surface area contributed by atoms with Crippen LogP contribution < -0.4 is 10.2 Å². The molecule has 2 aromatic carbocycles. The summed E-state index contributed by atoms with van der Waals surface area (Å²) in [6.45, 7) is 0. The molecule has 5 heteroatoms. The molecule has 0 atom stereocenters. The molecule has 0 aliphatic carbocycles. The number of pyridine rings is 1. The average molecular weight is 299 g/mol. The standard InChI is InChI=1S/C17H15F2N3/c1-22(2)17-15-9-12(19)6-7-14(15)16(10-20-17)21-13-5-3-4-11(18)8-13/h3-10,21H,1-2H3. The first-order valence-electron chi connectivity index (χ1n) is 6.83. The summed E-state index contributed by atoms with van der Waals surface area (Å²) < 4.78 is 26.9. The lowest BCUT2D eigenvalue weighted by Gasteiger charge is -2.17. The molecule has 0 saturated heterocycles. The van der Waals surface area contributed by atoms with Crippen molar-refractivity contribution >= 4 is 28.0 Å². The van der Waals surface area contributed by atoms with Crippen molar-refractivity contribution in [3.05, 3.63) is 60.3 Å². The summed E-state index contributed by atoms with van der Waals surface area (Å²) in [6, 6.07) is 10.7. The van der Waals surface area contributed by atoms with E-state index < -0.39 is 0 Å². The minimum Gasteiger partial charge on any atom is -0.362 e. The van der Waals surface area contributed by atoms with Crippen LogP contribution in [0.4, 0.5) is 26.0 Å². The lowest BCUT2D eigenvalue weighted by Crippen LogP contribution is -2.11. The van der Waals surface area contributed by atoms with Crippen molar-refractivity contribution in [2.24, 2.45) is 0 Å². The van der Waals surface area contributed by atoms with Gasteiger partial charge in [-0.15, -0.1) is 0 Å². The van der Waals surface area contributed by atoms with Gasteiger partial charge in [0.2, 0.25) is 0 Å².